The Hall–Kier alpha value is -0.540. The number of halogens is 1. The topological polar surface area (TPSA) is 15.3 Å². The Kier molecular flexibility index (Phi) is 5.07. The molecule has 0 aromatic heterocycles. The summed E-state index contributed by atoms with van der Waals surface area (Å²) in [5.74, 6) is 0. The maximum Gasteiger partial charge on any atom is 0.0513 e. The second-order valence-corrected chi connectivity index (χ2v) is 5.83. The van der Waals surface area contributed by atoms with Crippen LogP contribution in [0, 0.1) is 0 Å². The lowest BCUT2D eigenvalue weighted by Gasteiger charge is -2.24. The van der Waals surface area contributed by atoms with Crippen LogP contribution in [0.2, 0.25) is 0 Å². The molecule has 0 saturated heterocycles. The summed E-state index contributed by atoms with van der Waals surface area (Å²) < 4.78 is 1.23. The van der Waals surface area contributed by atoms with E-state index in [4.69, 9.17) is 0 Å². The van der Waals surface area contributed by atoms with E-state index in [9.17, 15) is 0 Å². The third-order valence-corrected chi connectivity index (χ3v) is 4.04. The van der Waals surface area contributed by atoms with Crippen LogP contribution < -0.4 is 10.2 Å². The molecule has 3 heteroatoms. The number of nitrogens with zero attached hydrogens (tertiary/aromatic N) is 1. The summed E-state index contributed by atoms with van der Waals surface area (Å²) in [7, 11) is 0. The molecular formula is C15H23BrN2. The van der Waals surface area contributed by atoms with Crippen LogP contribution in [-0.4, -0.2) is 19.1 Å². The van der Waals surface area contributed by atoms with Gasteiger partial charge < -0.3 is 10.2 Å². The number of benzene rings is 1. The summed E-state index contributed by atoms with van der Waals surface area (Å²) in [6.07, 6.45) is 3.88. The molecule has 1 aromatic carbocycles. The van der Waals surface area contributed by atoms with Gasteiger partial charge in [-0.2, -0.15) is 0 Å². The van der Waals surface area contributed by atoms with E-state index >= 15 is 0 Å². The molecule has 18 heavy (non-hydrogen) atoms. The highest BCUT2D eigenvalue weighted by Gasteiger charge is 2.28. The van der Waals surface area contributed by atoms with Crippen molar-refractivity contribution >= 4 is 21.6 Å². The van der Waals surface area contributed by atoms with Crippen LogP contribution in [-0.2, 0) is 6.54 Å². The molecule has 2 rings (SSSR count). The van der Waals surface area contributed by atoms with E-state index in [0.29, 0.717) is 0 Å². The van der Waals surface area contributed by atoms with Gasteiger partial charge in [-0.05, 0) is 66.4 Å². The van der Waals surface area contributed by atoms with Gasteiger partial charge in [0.1, 0.15) is 0 Å². The summed E-state index contributed by atoms with van der Waals surface area (Å²) in [6, 6.07) is 7.53. The number of hydrogen-bond acceptors (Lipinski definition) is 2. The van der Waals surface area contributed by atoms with E-state index in [0.717, 1.165) is 25.7 Å². The molecule has 0 radical (unpaired) electrons. The van der Waals surface area contributed by atoms with Gasteiger partial charge in [-0.15, -0.1) is 0 Å². The summed E-state index contributed by atoms with van der Waals surface area (Å²) in [4.78, 5) is 2.51. The van der Waals surface area contributed by atoms with Crippen molar-refractivity contribution in [2.24, 2.45) is 0 Å². The SMILES string of the molecule is CCCNCc1ccc(N(CC)C2CC2)c(Br)c1. The summed E-state index contributed by atoms with van der Waals surface area (Å²) in [5, 5.41) is 3.44. The van der Waals surface area contributed by atoms with E-state index in [-0.39, 0.29) is 0 Å². The molecule has 1 fully saturated rings. The normalized spacial score (nSPS) is 14.8. The second kappa shape index (κ2) is 6.58. The summed E-state index contributed by atoms with van der Waals surface area (Å²) in [5.41, 5.74) is 2.70. The Morgan fingerprint density at radius 2 is 2.11 bits per heavy atom. The highest BCUT2D eigenvalue weighted by molar-refractivity contribution is 9.10. The predicted molar refractivity (Wildman–Crippen MR) is 82.2 cm³/mol. The van der Waals surface area contributed by atoms with Crippen LogP contribution in [0.15, 0.2) is 22.7 Å². The first-order valence-corrected chi connectivity index (χ1v) is 7.81. The average Bonchev–Trinajstić information content (AvgIpc) is 3.17. The smallest absolute Gasteiger partial charge is 0.0513 e. The third kappa shape index (κ3) is 3.48. The molecular weight excluding hydrogens is 288 g/mol. The van der Waals surface area contributed by atoms with Gasteiger partial charge in [0, 0.05) is 23.6 Å². The zero-order valence-electron chi connectivity index (χ0n) is 11.4. The lowest BCUT2D eigenvalue weighted by Crippen LogP contribution is -2.25. The van der Waals surface area contributed by atoms with Gasteiger partial charge in [-0.1, -0.05) is 13.0 Å². The van der Waals surface area contributed by atoms with E-state index in [1.165, 1.54) is 35.0 Å². The molecule has 2 nitrogen and oxygen atoms in total. The molecule has 0 bridgehead atoms. The quantitative estimate of drug-likeness (QED) is 0.767. The number of hydrogen-bond donors (Lipinski definition) is 1. The van der Waals surface area contributed by atoms with Crippen LogP contribution >= 0.6 is 15.9 Å². The lowest BCUT2D eigenvalue weighted by molar-refractivity contribution is 0.675. The van der Waals surface area contributed by atoms with Gasteiger partial charge in [-0.3, -0.25) is 0 Å². The fraction of sp³-hybridized carbons (Fsp3) is 0.600. The summed E-state index contributed by atoms with van der Waals surface area (Å²) >= 11 is 3.72. The minimum Gasteiger partial charge on any atom is -0.368 e. The van der Waals surface area contributed by atoms with Gasteiger partial charge in [0.2, 0.25) is 0 Å². The third-order valence-electron chi connectivity index (χ3n) is 3.41. The van der Waals surface area contributed by atoms with Crippen molar-refractivity contribution < 1.29 is 0 Å². The molecule has 1 saturated carbocycles. The minimum absolute atomic E-state index is 0.773. The fourth-order valence-electron chi connectivity index (χ4n) is 2.31. The Bertz CT molecular complexity index is 388. The molecule has 0 heterocycles. The highest BCUT2D eigenvalue weighted by atomic mass is 79.9. The standard InChI is InChI=1S/C15H23BrN2/c1-3-9-17-11-12-5-8-15(14(16)10-12)18(4-2)13-6-7-13/h5,8,10,13,17H,3-4,6-7,9,11H2,1-2H3. The van der Waals surface area contributed by atoms with Gasteiger partial charge in [-0.25, -0.2) is 0 Å². The zero-order valence-corrected chi connectivity index (χ0v) is 13.0. The minimum atomic E-state index is 0.773. The van der Waals surface area contributed by atoms with Crippen molar-refractivity contribution in [1.29, 1.82) is 0 Å². The second-order valence-electron chi connectivity index (χ2n) is 4.98. The summed E-state index contributed by atoms with van der Waals surface area (Å²) in [6.45, 7) is 7.57. The number of rotatable bonds is 7. The molecule has 1 aliphatic rings. The Balaban J connectivity index is 2.04. The Morgan fingerprint density at radius 3 is 2.67 bits per heavy atom. The molecule has 100 valence electrons. The molecule has 1 N–H and O–H groups in total. The van der Waals surface area contributed by atoms with Gasteiger partial charge >= 0.3 is 0 Å². The molecule has 0 unspecified atom stereocenters. The predicted octanol–water partition coefficient (Wildman–Crippen LogP) is 3.94. The molecule has 0 atom stereocenters. The Labute approximate surface area is 119 Å². The van der Waals surface area contributed by atoms with Crippen molar-refractivity contribution in [3.8, 4) is 0 Å². The van der Waals surface area contributed by atoms with E-state index in [2.05, 4.69) is 58.2 Å². The van der Waals surface area contributed by atoms with Gasteiger partial charge in [0.05, 0.1) is 5.69 Å². The van der Waals surface area contributed by atoms with Crippen LogP contribution in [0.4, 0.5) is 5.69 Å². The Morgan fingerprint density at radius 1 is 1.33 bits per heavy atom. The van der Waals surface area contributed by atoms with E-state index in [1.54, 1.807) is 0 Å². The van der Waals surface area contributed by atoms with Crippen molar-refractivity contribution in [1.82, 2.24) is 5.32 Å². The monoisotopic (exact) mass is 310 g/mol. The van der Waals surface area contributed by atoms with E-state index < -0.39 is 0 Å². The van der Waals surface area contributed by atoms with Crippen molar-refractivity contribution in [3.05, 3.63) is 28.2 Å². The number of nitrogens with one attached hydrogen (secondary N) is 1. The number of anilines is 1. The zero-order chi connectivity index (χ0) is 13.0. The first-order valence-electron chi connectivity index (χ1n) is 7.02. The molecule has 0 aliphatic heterocycles. The first kappa shape index (κ1) is 13.9. The van der Waals surface area contributed by atoms with Crippen molar-refractivity contribution in [3.63, 3.8) is 0 Å². The molecule has 1 aromatic rings. The van der Waals surface area contributed by atoms with Crippen LogP contribution in [0.25, 0.3) is 0 Å². The van der Waals surface area contributed by atoms with Crippen LogP contribution in [0.5, 0.6) is 0 Å². The largest absolute Gasteiger partial charge is 0.368 e. The maximum absolute atomic E-state index is 3.72. The van der Waals surface area contributed by atoms with Crippen LogP contribution in [0.1, 0.15) is 38.7 Å². The highest BCUT2D eigenvalue weighted by Crippen LogP contribution is 2.35. The van der Waals surface area contributed by atoms with Crippen molar-refractivity contribution in [2.45, 2.75) is 45.7 Å². The first-order chi connectivity index (χ1) is 8.76. The molecule has 1 aliphatic carbocycles. The lowest BCUT2D eigenvalue weighted by atomic mass is 10.2. The average molecular weight is 311 g/mol. The van der Waals surface area contributed by atoms with Crippen LogP contribution in [0.3, 0.4) is 0 Å². The molecule has 0 amide bonds. The fourth-order valence-corrected chi connectivity index (χ4v) is 2.97. The molecule has 0 spiro atoms. The van der Waals surface area contributed by atoms with Gasteiger partial charge in [0.25, 0.3) is 0 Å². The van der Waals surface area contributed by atoms with Crippen molar-refractivity contribution in [2.75, 3.05) is 18.0 Å². The van der Waals surface area contributed by atoms with E-state index in [1.807, 2.05) is 0 Å². The van der Waals surface area contributed by atoms with Gasteiger partial charge in [0.15, 0.2) is 0 Å². The maximum atomic E-state index is 3.72.